The van der Waals surface area contributed by atoms with Crippen molar-refractivity contribution < 1.29 is 33.9 Å². The number of hydrogen-bond acceptors (Lipinski definition) is 8. The Balaban J connectivity index is 5.05. The first-order valence-electron chi connectivity index (χ1n) is 11.0. The van der Waals surface area contributed by atoms with Gasteiger partial charge in [0.15, 0.2) is 0 Å². The molecule has 5 amide bonds. The lowest BCUT2D eigenvalue weighted by molar-refractivity contribution is -0.141. The number of nitrogens with two attached hydrogens (primary N) is 3. The number of carboxylic acid groups (broad SMARTS) is 1. The number of primary amides is 1. The largest absolute Gasteiger partial charge is 0.480 e. The summed E-state index contributed by atoms with van der Waals surface area (Å²) < 4.78 is 0. The van der Waals surface area contributed by atoms with Gasteiger partial charge in [0.1, 0.15) is 24.2 Å². The molecule has 14 heteroatoms. The molecular formula is C20H37N7O7. The van der Waals surface area contributed by atoms with E-state index in [0.717, 1.165) is 0 Å². The summed E-state index contributed by atoms with van der Waals surface area (Å²) in [4.78, 5) is 71.3. The number of hydrogen-bond donors (Lipinski definition) is 8. The first kappa shape index (κ1) is 30.7. The summed E-state index contributed by atoms with van der Waals surface area (Å²) in [5, 5.41) is 18.5. The molecule has 0 aliphatic carbocycles. The third-order valence-corrected chi connectivity index (χ3v) is 4.81. The average molecular weight is 488 g/mol. The Morgan fingerprint density at radius 3 is 1.85 bits per heavy atom. The third kappa shape index (κ3) is 12.1. The van der Waals surface area contributed by atoms with Crippen LogP contribution in [-0.4, -0.2) is 77.4 Å². The molecule has 0 aliphatic rings. The van der Waals surface area contributed by atoms with Crippen LogP contribution in [0.5, 0.6) is 0 Å². The molecule has 0 heterocycles. The number of aliphatic carboxylic acids is 1. The SMILES string of the molecule is C[C@@H](N)C(=O)N[C@@H](CCC(=O)N[C@@H](CCCCN)C(=O)N[C@H](C)C(=O)N[C@H](C)C(=O)O)C(N)=O. The highest BCUT2D eigenvalue weighted by atomic mass is 16.4. The van der Waals surface area contributed by atoms with E-state index in [1.165, 1.54) is 20.8 Å². The van der Waals surface area contributed by atoms with Gasteiger partial charge in [0.05, 0.1) is 6.04 Å². The maximum absolute atomic E-state index is 12.7. The topological polar surface area (TPSA) is 249 Å². The summed E-state index contributed by atoms with van der Waals surface area (Å²) >= 11 is 0. The van der Waals surface area contributed by atoms with Crippen LogP contribution in [0.1, 0.15) is 52.9 Å². The molecule has 5 atom stereocenters. The Morgan fingerprint density at radius 1 is 0.765 bits per heavy atom. The van der Waals surface area contributed by atoms with Crippen molar-refractivity contribution in [2.45, 2.75) is 83.1 Å². The number of nitrogens with one attached hydrogen (secondary N) is 4. The molecule has 0 aromatic rings. The lowest BCUT2D eigenvalue weighted by atomic mass is 10.1. The second-order valence-corrected chi connectivity index (χ2v) is 7.99. The standard InChI is InChI=1S/C20H37N7O7/c1-10(22)17(30)27-13(16(23)29)7-8-15(28)26-14(6-4-5-9-21)19(32)24-11(2)18(31)25-12(3)20(33)34/h10-14H,4-9,21-22H2,1-3H3,(H2,23,29)(H,24,32)(H,25,31)(H,26,28)(H,27,30)(H,33,34)/t10-,11-,12-,13+,14+/m1/s1. The molecule has 0 saturated heterocycles. The van der Waals surface area contributed by atoms with E-state index >= 15 is 0 Å². The van der Waals surface area contributed by atoms with E-state index < -0.39 is 65.7 Å². The molecule has 0 aromatic heterocycles. The van der Waals surface area contributed by atoms with E-state index in [-0.39, 0.29) is 19.3 Å². The molecule has 0 rings (SSSR count). The summed E-state index contributed by atoms with van der Waals surface area (Å²) in [5.41, 5.74) is 16.2. The number of rotatable bonds is 16. The molecule has 0 unspecified atom stereocenters. The molecule has 0 aliphatic heterocycles. The van der Waals surface area contributed by atoms with Crippen molar-refractivity contribution in [3.8, 4) is 0 Å². The highest BCUT2D eigenvalue weighted by Gasteiger charge is 2.27. The van der Waals surface area contributed by atoms with E-state index in [1.807, 2.05) is 0 Å². The molecule has 0 fully saturated rings. The van der Waals surface area contributed by atoms with Crippen molar-refractivity contribution >= 4 is 35.5 Å². The first-order chi connectivity index (χ1) is 15.8. The molecule has 0 bridgehead atoms. The highest BCUT2D eigenvalue weighted by Crippen LogP contribution is 2.04. The van der Waals surface area contributed by atoms with Gasteiger partial charge in [-0.15, -0.1) is 0 Å². The van der Waals surface area contributed by atoms with Crippen LogP contribution < -0.4 is 38.5 Å². The lowest BCUT2D eigenvalue weighted by Crippen LogP contribution is -2.54. The number of carbonyl (C=O) groups excluding carboxylic acids is 5. The molecule has 11 N–H and O–H groups in total. The van der Waals surface area contributed by atoms with Crippen LogP contribution in [0.3, 0.4) is 0 Å². The molecule has 0 radical (unpaired) electrons. The molecular weight excluding hydrogens is 450 g/mol. The van der Waals surface area contributed by atoms with Crippen molar-refractivity contribution in [3.05, 3.63) is 0 Å². The Labute approximate surface area is 198 Å². The van der Waals surface area contributed by atoms with Gasteiger partial charge in [-0.05, 0) is 53.0 Å². The van der Waals surface area contributed by atoms with E-state index in [0.29, 0.717) is 19.4 Å². The van der Waals surface area contributed by atoms with Gasteiger partial charge in [0.25, 0.3) is 0 Å². The molecule has 34 heavy (non-hydrogen) atoms. The maximum Gasteiger partial charge on any atom is 0.325 e. The van der Waals surface area contributed by atoms with Gasteiger partial charge in [0.2, 0.25) is 29.5 Å². The predicted molar refractivity (Wildman–Crippen MR) is 122 cm³/mol. The zero-order valence-corrected chi connectivity index (χ0v) is 19.8. The molecule has 0 aromatic carbocycles. The van der Waals surface area contributed by atoms with Crippen molar-refractivity contribution in [1.29, 1.82) is 0 Å². The van der Waals surface area contributed by atoms with E-state index in [4.69, 9.17) is 22.3 Å². The van der Waals surface area contributed by atoms with Gasteiger partial charge >= 0.3 is 5.97 Å². The van der Waals surface area contributed by atoms with E-state index in [2.05, 4.69) is 21.3 Å². The highest BCUT2D eigenvalue weighted by molar-refractivity contribution is 5.93. The Morgan fingerprint density at radius 2 is 1.35 bits per heavy atom. The normalized spacial score (nSPS) is 15.1. The van der Waals surface area contributed by atoms with Gasteiger partial charge < -0.3 is 43.6 Å². The lowest BCUT2D eigenvalue weighted by Gasteiger charge is -2.22. The van der Waals surface area contributed by atoms with Crippen molar-refractivity contribution in [2.24, 2.45) is 17.2 Å². The third-order valence-electron chi connectivity index (χ3n) is 4.81. The predicted octanol–water partition coefficient (Wildman–Crippen LogP) is -3.21. The second kappa shape index (κ2) is 15.6. The van der Waals surface area contributed by atoms with Crippen LogP contribution in [0.4, 0.5) is 0 Å². The summed E-state index contributed by atoms with van der Waals surface area (Å²) in [6.07, 6.45) is 1.01. The number of carbonyl (C=O) groups is 6. The summed E-state index contributed by atoms with van der Waals surface area (Å²) in [6, 6.07) is -5.20. The summed E-state index contributed by atoms with van der Waals surface area (Å²) in [5.74, 6) is -4.60. The molecule has 0 saturated carbocycles. The average Bonchev–Trinajstić information content (AvgIpc) is 2.74. The van der Waals surface area contributed by atoms with Gasteiger partial charge in [0, 0.05) is 6.42 Å². The van der Waals surface area contributed by atoms with Crippen LogP contribution in [0.25, 0.3) is 0 Å². The zero-order valence-electron chi connectivity index (χ0n) is 19.8. The van der Waals surface area contributed by atoms with Gasteiger partial charge in [-0.25, -0.2) is 0 Å². The molecule has 0 spiro atoms. The van der Waals surface area contributed by atoms with Crippen LogP contribution in [-0.2, 0) is 28.8 Å². The maximum atomic E-state index is 12.7. The van der Waals surface area contributed by atoms with Gasteiger partial charge in [-0.2, -0.15) is 0 Å². The summed E-state index contributed by atoms with van der Waals surface area (Å²) in [6.45, 7) is 4.46. The fraction of sp³-hybridized carbons (Fsp3) is 0.700. The Hall–Kier alpha value is -3.26. The number of unbranched alkanes of at least 4 members (excludes halogenated alkanes) is 1. The van der Waals surface area contributed by atoms with Gasteiger partial charge in [-0.1, -0.05) is 0 Å². The van der Waals surface area contributed by atoms with Gasteiger partial charge in [-0.3, -0.25) is 28.8 Å². The van der Waals surface area contributed by atoms with Crippen LogP contribution in [0.15, 0.2) is 0 Å². The second-order valence-electron chi connectivity index (χ2n) is 7.99. The van der Waals surface area contributed by atoms with E-state index in [9.17, 15) is 28.8 Å². The van der Waals surface area contributed by atoms with Crippen molar-refractivity contribution in [3.63, 3.8) is 0 Å². The Kier molecular flexibility index (Phi) is 14.1. The quantitative estimate of drug-likeness (QED) is 0.102. The van der Waals surface area contributed by atoms with Crippen LogP contribution >= 0.6 is 0 Å². The minimum absolute atomic E-state index is 0.108. The summed E-state index contributed by atoms with van der Waals surface area (Å²) in [7, 11) is 0. The monoisotopic (exact) mass is 487 g/mol. The number of carboxylic acids is 1. The molecule has 194 valence electrons. The zero-order chi connectivity index (χ0) is 26.4. The minimum atomic E-state index is -1.23. The number of amides is 5. The van der Waals surface area contributed by atoms with Crippen molar-refractivity contribution in [1.82, 2.24) is 21.3 Å². The van der Waals surface area contributed by atoms with Crippen LogP contribution in [0.2, 0.25) is 0 Å². The molecule has 14 nitrogen and oxygen atoms in total. The Bertz CT molecular complexity index is 745. The fourth-order valence-corrected chi connectivity index (χ4v) is 2.67. The van der Waals surface area contributed by atoms with Crippen molar-refractivity contribution in [2.75, 3.05) is 6.54 Å². The first-order valence-corrected chi connectivity index (χ1v) is 11.0. The van der Waals surface area contributed by atoms with Crippen LogP contribution in [0, 0.1) is 0 Å². The van der Waals surface area contributed by atoms with E-state index in [1.54, 1.807) is 0 Å². The smallest absolute Gasteiger partial charge is 0.325 e. The fourth-order valence-electron chi connectivity index (χ4n) is 2.67. The minimum Gasteiger partial charge on any atom is -0.480 e.